The lowest BCUT2D eigenvalue weighted by Crippen LogP contribution is -2.25. The Kier molecular flexibility index (Phi) is 3.92. The first-order chi connectivity index (χ1) is 10.5. The van der Waals surface area contributed by atoms with Crippen LogP contribution in [0.3, 0.4) is 0 Å². The highest BCUT2D eigenvalue weighted by atomic mass is 16.4. The van der Waals surface area contributed by atoms with Crippen LogP contribution in [0.4, 0.5) is 0 Å². The third-order valence-electron chi connectivity index (χ3n) is 4.61. The number of hydrogen-bond donors (Lipinski definition) is 0. The van der Waals surface area contributed by atoms with Crippen molar-refractivity contribution in [3.63, 3.8) is 0 Å². The number of benzene rings is 2. The lowest BCUT2D eigenvalue weighted by atomic mass is 9.64. The normalized spacial score (nSPS) is 13.4. The maximum atomic E-state index is 12.7. The van der Waals surface area contributed by atoms with Gasteiger partial charge in [0.05, 0.1) is 6.61 Å². The highest BCUT2D eigenvalue weighted by molar-refractivity contribution is 6.67. The van der Waals surface area contributed by atoms with Crippen molar-refractivity contribution in [2.75, 3.05) is 0 Å². The number of carbonyl (C=O) groups is 1. The monoisotopic (exact) mass is 292 g/mol. The molecule has 0 spiro atoms. The molecule has 0 aromatic heterocycles. The van der Waals surface area contributed by atoms with Crippen LogP contribution in [0.1, 0.15) is 38.2 Å². The van der Waals surface area contributed by atoms with Gasteiger partial charge in [0, 0.05) is 12.0 Å². The summed E-state index contributed by atoms with van der Waals surface area (Å²) in [6, 6.07) is 10.4. The molecule has 0 atom stereocenters. The number of rotatable bonds is 3. The van der Waals surface area contributed by atoms with E-state index in [1.165, 1.54) is 16.6 Å². The first-order valence-corrected chi connectivity index (χ1v) is 7.80. The van der Waals surface area contributed by atoms with Crippen LogP contribution >= 0.6 is 0 Å². The first kappa shape index (κ1) is 15.0. The van der Waals surface area contributed by atoms with E-state index >= 15 is 0 Å². The van der Waals surface area contributed by atoms with Crippen LogP contribution in [0.2, 0.25) is 6.82 Å². The van der Waals surface area contributed by atoms with Gasteiger partial charge in [-0.3, -0.25) is 4.79 Å². The Morgan fingerprint density at radius 3 is 2.73 bits per heavy atom. The summed E-state index contributed by atoms with van der Waals surface area (Å²) >= 11 is 0. The van der Waals surface area contributed by atoms with Crippen LogP contribution in [-0.2, 0) is 17.7 Å². The summed E-state index contributed by atoms with van der Waals surface area (Å²) in [5.74, 6) is 0.191. The number of hydrogen-bond acceptors (Lipinski definition) is 2. The number of fused-ring (bicyclic) bond motifs is 1. The van der Waals surface area contributed by atoms with Gasteiger partial charge in [-0.1, -0.05) is 36.7 Å². The molecule has 0 unspecified atom stereocenters. The smallest absolute Gasteiger partial charge is 0.324 e. The first-order valence-electron chi connectivity index (χ1n) is 7.80. The number of aryl methyl sites for hydroxylation is 2. The molecule has 112 valence electrons. The molecular weight excluding hydrogens is 271 g/mol. The van der Waals surface area contributed by atoms with Crippen LogP contribution in [-0.4, -0.2) is 12.7 Å². The molecule has 0 aliphatic carbocycles. The second-order valence-corrected chi connectivity index (χ2v) is 6.34. The average Bonchev–Trinajstić information content (AvgIpc) is 2.84. The molecule has 0 bridgehead atoms. The summed E-state index contributed by atoms with van der Waals surface area (Å²) in [7, 11) is 0. The van der Waals surface area contributed by atoms with Gasteiger partial charge in [0.1, 0.15) is 0 Å². The van der Waals surface area contributed by atoms with Crippen molar-refractivity contribution in [1.29, 1.82) is 0 Å². The summed E-state index contributed by atoms with van der Waals surface area (Å²) in [6.45, 7) is 9.01. The molecule has 1 aliphatic rings. The molecule has 3 heteroatoms. The second-order valence-electron chi connectivity index (χ2n) is 6.34. The predicted molar refractivity (Wildman–Crippen MR) is 91.2 cm³/mol. The van der Waals surface area contributed by atoms with Gasteiger partial charge in [-0.2, -0.15) is 0 Å². The number of carbonyl (C=O) groups excluding carboxylic acids is 1. The molecule has 22 heavy (non-hydrogen) atoms. The fraction of sp³-hybridized carbons (Fsp3) is 0.316. The summed E-state index contributed by atoms with van der Waals surface area (Å²) in [5.41, 5.74) is 7.80. The largest absolute Gasteiger partial charge is 0.427 e. The van der Waals surface area contributed by atoms with Gasteiger partial charge in [0.25, 0.3) is 0 Å². The summed E-state index contributed by atoms with van der Waals surface area (Å²) in [6.07, 6.45) is 0.448. The van der Waals surface area contributed by atoms with E-state index in [2.05, 4.69) is 38.0 Å². The number of Topliss-reactive ketones (excluding diaryl/α,β-unsaturated/α-hetero) is 1. The van der Waals surface area contributed by atoms with E-state index < -0.39 is 0 Å². The maximum Gasteiger partial charge on any atom is 0.324 e. The van der Waals surface area contributed by atoms with Gasteiger partial charge in [-0.15, -0.1) is 0 Å². The lowest BCUT2D eigenvalue weighted by molar-refractivity contribution is 0.0992. The Labute approximate surface area is 132 Å². The SMILES string of the molecule is CB1OCc2ccc(CC(=O)c3cc(C)cc(C)c3C)cc21. The van der Waals surface area contributed by atoms with Crippen molar-refractivity contribution in [3.8, 4) is 0 Å². The highest BCUT2D eigenvalue weighted by Crippen LogP contribution is 2.19. The van der Waals surface area contributed by atoms with E-state index in [1.807, 2.05) is 19.9 Å². The van der Waals surface area contributed by atoms with Crippen LogP contribution in [0, 0.1) is 20.8 Å². The topological polar surface area (TPSA) is 26.3 Å². The van der Waals surface area contributed by atoms with E-state index in [0.717, 1.165) is 22.3 Å². The minimum absolute atomic E-state index is 0.132. The number of ketones is 1. The standard InChI is InChI=1S/C19H21BO2/c1-12-7-13(2)14(3)17(8-12)19(21)10-15-5-6-16-11-22-20(4)18(16)9-15/h5-9H,10-11H2,1-4H3. The molecule has 1 aliphatic heterocycles. The Morgan fingerprint density at radius 2 is 1.95 bits per heavy atom. The minimum atomic E-state index is 0.132. The van der Waals surface area contributed by atoms with Gasteiger partial charge >= 0.3 is 6.92 Å². The van der Waals surface area contributed by atoms with Crippen LogP contribution < -0.4 is 5.46 Å². The molecule has 0 saturated heterocycles. The third-order valence-corrected chi connectivity index (χ3v) is 4.61. The molecule has 0 N–H and O–H groups in total. The minimum Gasteiger partial charge on any atom is -0.427 e. The molecule has 0 amide bonds. The zero-order chi connectivity index (χ0) is 15.9. The van der Waals surface area contributed by atoms with E-state index in [0.29, 0.717) is 13.0 Å². The Balaban J connectivity index is 1.88. The zero-order valence-corrected chi connectivity index (χ0v) is 13.7. The molecule has 3 rings (SSSR count). The fourth-order valence-corrected chi connectivity index (χ4v) is 3.18. The quantitative estimate of drug-likeness (QED) is 0.640. The highest BCUT2D eigenvalue weighted by Gasteiger charge is 2.23. The fourth-order valence-electron chi connectivity index (χ4n) is 3.18. The van der Waals surface area contributed by atoms with Crippen LogP contribution in [0.15, 0.2) is 30.3 Å². The zero-order valence-electron chi connectivity index (χ0n) is 13.7. The third kappa shape index (κ3) is 2.73. The molecule has 2 aromatic carbocycles. The van der Waals surface area contributed by atoms with E-state index in [-0.39, 0.29) is 12.7 Å². The molecule has 0 fully saturated rings. The predicted octanol–water partition coefficient (Wildman–Crippen LogP) is 3.40. The van der Waals surface area contributed by atoms with E-state index in [4.69, 9.17) is 4.65 Å². The molecule has 1 heterocycles. The Bertz CT molecular complexity index is 749. The van der Waals surface area contributed by atoms with Crippen molar-refractivity contribution < 1.29 is 9.45 Å². The molecule has 0 radical (unpaired) electrons. The van der Waals surface area contributed by atoms with Gasteiger partial charge < -0.3 is 4.65 Å². The molecule has 2 nitrogen and oxygen atoms in total. The van der Waals surface area contributed by atoms with Gasteiger partial charge in [0.2, 0.25) is 0 Å². The van der Waals surface area contributed by atoms with Crippen LogP contribution in [0.5, 0.6) is 0 Å². The summed E-state index contributed by atoms with van der Waals surface area (Å²) < 4.78 is 5.63. The van der Waals surface area contributed by atoms with Crippen molar-refractivity contribution in [1.82, 2.24) is 0 Å². The summed E-state index contributed by atoms with van der Waals surface area (Å²) in [4.78, 5) is 12.7. The van der Waals surface area contributed by atoms with Gasteiger partial charge in [-0.05, 0) is 54.6 Å². The van der Waals surface area contributed by atoms with Gasteiger partial charge in [0.15, 0.2) is 5.78 Å². The van der Waals surface area contributed by atoms with Crippen molar-refractivity contribution in [2.24, 2.45) is 0 Å². The van der Waals surface area contributed by atoms with Crippen molar-refractivity contribution >= 4 is 18.2 Å². The van der Waals surface area contributed by atoms with E-state index in [9.17, 15) is 4.79 Å². The van der Waals surface area contributed by atoms with Crippen LogP contribution in [0.25, 0.3) is 0 Å². The molecular formula is C19H21BO2. The summed E-state index contributed by atoms with van der Waals surface area (Å²) in [5, 5.41) is 0. The maximum absolute atomic E-state index is 12.7. The van der Waals surface area contributed by atoms with Crippen molar-refractivity contribution in [3.05, 3.63) is 63.7 Å². The Morgan fingerprint density at radius 1 is 1.18 bits per heavy atom. The van der Waals surface area contributed by atoms with Crippen molar-refractivity contribution in [2.45, 2.75) is 40.6 Å². The second kappa shape index (κ2) is 5.73. The molecule has 0 saturated carbocycles. The van der Waals surface area contributed by atoms with E-state index in [1.54, 1.807) is 0 Å². The molecule has 2 aromatic rings. The average molecular weight is 292 g/mol. The lowest BCUT2D eigenvalue weighted by Gasteiger charge is -2.10. The Hall–Kier alpha value is -1.87. The van der Waals surface area contributed by atoms with Gasteiger partial charge in [-0.25, -0.2) is 0 Å².